The first-order valence-corrected chi connectivity index (χ1v) is 6.35. The summed E-state index contributed by atoms with van der Waals surface area (Å²) in [7, 11) is 2.10. The number of nitrogens with zero attached hydrogens (tertiary/aromatic N) is 1. The van der Waals surface area contributed by atoms with Crippen molar-refractivity contribution in [2.24, 2.45) is 5.73 Å². The van der Waals surface area contributed by atoms with E-state index in [0.29, 0.717) is 0 Å². The third-order valence-electron chi connectivity index (χ3n) is 2.86. The lowest BCUT2D eigenvalue weighted by Crippen LogP contribution is -2.19. The summed E-state index contributed by atoms with van der Waals surface area (Å²) >= 11 is 0. The van der Waals surface area contributed by atoms with Crippen LogP contribution in [0.25, 0.3) is 0 Å². The number of hydrogen-bond acceptors (Lipinski definition) is 2. The maximum Gasteiger partial charge on any atom is 0.123 e. The Labute approximate surface area is 104 Å². The van der Waals surface area contributed by atoms with Crippen LogP contribution in [0.15, 0.2) is 24.3 Å². The molecule has 0 heterocycles. The van der Waals surface area contributed by atoms with Crippen molar-refractivity contribution in [3.63, 3.8) is 0 Å². The number of unbranched alkanes of at least 4 members (excludes halogenated alkanes) is 3. The van der Waals surface area contributed by atoms with Crippen LogP contribution in [-0.2, 0) is 6.54 Å². The Morgan fingerprint density at radius 3 is 2.35 bits per heavy atom. The number of hydrogen-bond donors (Lipinski definition) is 1. The average molecular weight is 238 g/mol. The molecule has 1 aromatic rings. The third kappa shape index (κ3) is 6.39. The van der Waals surface area contributed by atoms with Crippen LogP contribution in [0.4, 0.5) is 4.39 Å². The minimum absolute atomic E-state index is 0.168. The summed E-state index contributed by atoms with van der Waals surface area (Å²) in [5.41, 5.74) is 6.61. The molecular weight excluding hydrogens is 215 g/mol. The predicted octanol–water partition coefficient (Wildman–Crippen LogP) is 2.78. The average Bonchev–Trinajstić information content (AvgIpc) is 2.32. The molecule has 2 nitrogen and oxygen atoms in total. The zero-order chi connectivity index (χ0) is 12.5. The molecule has 1 rings (SSSR count). The molecule has 0 fully saturated rings. The summed E-state index contributed by atoms with van der Waals surface area (Å²) < 4.78 is 12.7. The summed E-state index contributed by atoms with van der Waals surface area (Å²) in [5.74, 6) is -0.168. The third-order valence-corrected chi connectivity index (χ3v) is 2.86. The normalized spacial score (nSPS) is 11.1. The number of benzene rings is 1. The molecule has 0 aliphatic carbocycles. The Morgan fingerprint density at radius 1 is 1.06 bits per heavy atom. The van der Waals surface area contributed by atoms with Crippen molar-refractivity contribution in [3.8, 4) is 0 Å². The molecule has 0 aliphatic rings. The predicted molar refractivity (Wildman–Crippen MR) is 70.3 cm³/mol. The fourth-order valence-corrected chi connectivity index (χ4v) is 1.86. The van der Waals surface area contributed by atoms with Gasteiger partial charge < -0.3 is 10.6 Å². The second-order valence-corrected chi connectivity index (χ2v) is 4.57. The summed E-state index contributed by atoms with van der Waals surface area (Å²) in [5, 5.41) is 0. The Balaban J connectivity index is 2.16. The highest BCUT2D eigenvalue weighted by Crippen LogP contribution is 2.07. The Kier molecular flexibility index (Phi) is 6.82. The van der Waals surface area contributed by atoms with Gasteiger partial charge in [0.15, 0.2) is 0 Å². The summed E-state index contributed by atoms with van der Waals surface area (Å²) in [6.07, 6.45) is 4.80. The van der Waals surface area contributed by atoms with E-state index in [0.717, 1.165) is 31.6 Å². The van der Waals surface area contributed by atoms with Crippen molar-refractivity contribution in [1.29, 1.82) is 0 Å². The lowest BCUT2D eigenvalue weighted by molar-refractivity contribution is 0.317. The smallest absolute Gasteiger partial charge is 0.123 e. The lowest BCUT2D eigenvalue weighted by Gasteiger charge is -2.16. The largest absolute Gasteiger partial charge is 0.330 e. The van der Waals surface area contributed by atoms with E-state index in [-0.39, 0.29) is 5.82 Å². The van der Waals surface area contributed by atoms with Crippen LogP contribution in [0.5, 0.6) is 0 Å². The van der Waals surface area contributed by atoms with E-state index in [2.05, 4.69) is 11.9 Å². The highest BCUT2D eigenvalue weighted by molar-refractivity contribution is 5.15. The van der Waals surface area contributed by atoms with Crippen molar-refractivity contribution in [2.45, 2.75) is 32.2 Å². The molecule has 0 aromatic heterocycles. The van der Waals surface area contributed by atoms with Gasteiger partial charge in [-0.05, 0) is 50.7 Å². The molecule has 2 N–H and O–H groups in total. The van der Waals surface area contributed by atoms with E-state index in [1.807, 2.05) is 12.1 Å². The summed E-state index contributed by atoms with van der Waals surface area (Å²) in [4.78, 5) is 2.27. The fourth-order valence-electron chi connectivity index (χ4n) is 1.86. The van der Waals surface area contributed by atoms with Gasteiger partial charge in [0.25, 0.3) is 0 Å². The van der Waals surface area contributed by atoms with Crippen LogP contribution < -0.4 is 5.73 Å². The van der Waals surface area contributed by atoms with Gasteiger partial charge in [0.2, 0.25) is 0 Å². The van der Waals surface area contributed by atoms with E-state index in [1.54, 1.807) is 0 Å². The van der Waals surface area contributed by atoms with Gasteiger partial charge in [-0.25, -0.2) is 4.39 Å². The van der Waals surface area contributed by atoms with Crippen LogP contribution in [0, 0.1) is 5.82 Å². The first-order valence-electron chi connectivity index (χ1n) is 6.35. The molecule has 0 atom stereocenters. The van der Waals surface area contributed by atoms with Crippen LogP contribution in [0.1, 0.15) is 31.2 Å². The summed E-state index contributed by atoms with van der Waals surface area (Å²) in [6.45, 7) is 2.77. The summed E-state index contributed by atoms with van der Waals surface area (Å²) in [6, 6.07) is 6.73. The van der Waals surface area contributed by atoms with E-state index in [9.17, 15) is 4.39 Å². The van der Waals surface area contributed by atoms with Crippen molar-refractivity contribution < 1.29 is 4.39 Å². The molecule has 0 bridgehead atoms. The maximum atomic E-state index is 12.7. The standard InChI is InChI=1S/C14H23FN2/c1-17(11-5-3-2-4-10-16)12-13-6-8-14(15)9-7-13/h6-9H,2-5,10-12,16H2,1H3. The number of nitrogens with two attached hydrogens (primary N) is 1. The van der Waals surface area contributed by atoms with E-state index >= 15 is 0 Å². The molecule has 0 spiro atoms. The zero-order valence-electron chi connectivity index (χ0n) is 10.7. The van der Waals surface area contributed by atoms with Crippen LogP contribution in [-0.4, -0.2) is 25.0 Å². The van der Waals surface area contributed by atoms with Crippen molar-refractivity contribution in [2.75, 3.05) is 20.1 Å². The maximum absolute atomic E-state index is 12.7. The van der Waals surface area contributed by atoms with Gasteiger partial charge in [0.05, 0.1) is 0 Å². The van der Waals surface area contributed by atoms with Crippen LogP contribution in [0.3, 0.4) is 0 Å². The molecule has 96 valence electrons. The monoisotopic (exact) mass is 238 g/mol. The minimum atomic E-state index is -0.168. The Morgan fingerprint density at radius 2 is 1.71 bits per heavy atom. The molecular formula is C14H23FN2. The van der Waals surface area contributed by atoms with E-state index < -0.39 is 0 Å². The van der Waals surface area contributed by atoms with Gasteiger partial charge in [-0.1, -0.05) is 25.0 Å². The Hall–Kier alpha value is -0.930. The molecule has 3 heteroatoms. The number of rotatable bonds is 8. The Bertz CT molecular complexity index is 298. The molecule has 1 aromatic carbocycles. The van der Waals surface area contributed by atoms with E-state index in [4.69, 9.17) is 5.73 Å². The first kappa shape index (κ1) is 14.1. The van der Waals surface area contributed by atoms with Crippen LogP contribution in [0.2, 0.25) is 0 Å². The highest BCUT2D eigenvalue weighted by Gasteiger charge is 2.00. The molecule has 0 saturated carbocycles. The molecule has 0 saturated heterocycles. The first-order chi connectivity index (χ1) is 8.22. The van der Waals surface area contributed by atoms with E-state index in [1.165, 1.54) is 31.4 Å². The van der Waals surface area contributed by atoms with Crippen molar-refractivity contribution in [3.05, 3.63) is 35.6 Å². The second-order valence-electron chi connectivity index (χ2n) is 4.57. The highest BCUT2D eigenvalue weighted by atomic mass is 19.1. The van der Waals surface area contributed by atoms with Gasteiger partial charge >= 0.3 is 0 Å². The second kappa shape index (κ2) is 8.20. The molecule has 0 aliphatic heterocycles. The van der Waals surface area contributed by atoms with Gasteiger partial charge in [-0.15, -0.1) is 0 Å². The quantitative estimate of drug-likeness (QED) is 0.706. The number of halogens is 1. The molecule has 0 radical (unpaired) electrons. The van der Waals surface area contributed by atoms with Gasteiger partial charge in [-0.3, -0.25) is 0 Å². The van der Waals surface area contributed by atoms with Gasteiger partial charge in [0, 0.05) is 6.54 Å². The fraction of sp³-hybridized carbons (Fsp3) is 0.571. The SMILES string of the molecule is CN(CCCCCCN)Cc1ccc(F)cc1. The van der Waals surface area contributed by atoms with Gasteiger partial charge in [-0.2, -0.15) is 0 Å². The molecule has 0 unspecified atom stereocenters. The zero-order valence-corrected chi connectivity index (χ0v) is 10.7. The van der Waals surface area contributed by atoms with Gasteiger partial charge in [0.1, 0.15) is 5.82 Å². The topological polar surface area (TPSA) is 29.3 Å². The lowest BCUT2D eigenvalue weighted by atomic mass is 10.1. The van der Waals surface area contributed by atoms with Crippen molar-refractivity contribution in [1.82, 2.24) is 4.90 Å². The van der Waals surface area contributed by atoms with Crippen molar-refractivity contribution >= 4 is 0 Å². The molecule has 0 amide bonds. The van der Waals surface area contributed by atoms with Crippen LogP contribution >= 0.6 is 0 Å². The molecule has 17 heavy (non-hydrogen) atoms. The minimum Gasteiger partial charge on any atom is -0.330 e.